The Labute approximate surface area is 122 Å². The molecule has 0 atom stereocenters. The fourth-order valence-corrected chi connectivity index (χ4v) is 2.02. The zero-order valence-electron chi connectivity index (χ0n) is 12.3. The summed E-state index contributed by atoms with van der Waals surface area (Å²) >= 11 is 0. The molecule has 7 nitrogen and oxygen atoms in total. The minimum absolute atomic E-state index is 0.168. The van der Waals surface area contributed by atoms with Crippen molar-refractivity contribution >= 4 is 11.9 Å². The average molecular weight is 290 g/mol. The van der Waals surface area contributed by atoms with Crippen molar-refractivity contribution in [2.24, 2.45) is 0 Å². The predicted molar refractivity (Wildman–Crippen MR) is 76.3 cm³/mol. The zero-order valence-corrected chi connectivity index (χ0v) is 12.3. The van der Waals surface area contributed by atoms with Crippen LogP contribution in [0.2, 0.25) is 0 Å². The lowest BCUT2D eigenvalue weighted by molar-refractivity contribution is 0.0695. The van der Waals surface area contributed by atoms with Crippen molar-refractivity contribution in [1.29, 1.82) is 0 Å². The van der Waals surface area contributed by atoms with E-state index in [4.69, 9.17) is 9.52 Å². The maximum atomic E-state index is 10.9. The van der Waals surface area contributed by atoms with Crippen LogP contribution in [0.1, 0.15) is 47.1 Å². The summed E-state index contributed by atoms with van der Waals surface area (Å²) in [6.45, 7) is 5.96. The van der Waals surface area contributed by atoms with Gasteiger partial charge in [-0.05, 0) is 25.8 Å². The molecule has 0 unspecified atom stereocenters. The molecule has 0 radical (unpaired) electrons. The van der Waals surface area contributed by atoms with Gasteiger partial charge < -0.3 is 14.8 Å². The monoisotopic (exact) mass is 290 g/mol. The molecule has 2 N–H and O–H groups in total. The number of furan rings is 1. The van der Waals surface area contributed by atoms with Gasteiger partial charge in [-0.25, -0.2) is 9.78 Å². The number of hydrogen-bond acceptors (Lipinski definition) is 6. The molecule has 0 fully saturated rings. The van der Waals surface area contributed by atoms with E-state index in [1.165, 1.54) is 6.07 Å². The number of carbonyl (C=O) groups is 1. The van der Waals surface area contributed by atoms with Gasteiger partial charge in [0, 0.05) is 0 Å². The Morgan fingerprint density at radius 1 is 1.29 bits per heavy atom. The highest BCUT2D eigenvalue weighted by atomic mass is 16.4. The van der Waals surface area contributed by atoms with Gasteiger partial charge in [0.15, 0.2) is 0 Å². The number of rotatable bonds is 6. The Bertz CT molecular complexity index is 652. The normalized spacial score (nSPS) is 10.6. The molecule has 0 saturated heterocycles. The number of aromatic nitrogens is 3. The second kappa shape index (κ2) is 6.34. The van der Waals surface area contributed by atoms with Crippen molar-refractivity contribution in [2.75, 3.05) is 5.32 Å². The first-order valence-electron chi connectivity index (χ1n) is 6.84. The third-order valence-electron chi connectivity index (χ3n) is 3.13. The van der Waals surface area contributed by atoms with Crippen molar-refractivity contribution in [3.8, 4) is 0 Å². The van der Waals surface area contributed by atoms with E-state index in [-0.39, 0.29) is 5.56 Å². The van der Waals surface area contributed by atoms with Gasteiger partial charge in [-0.15, -0.1) is 5.10 Å². The second-order valence-electron chi connectivity index (χ2n) is 4.58. The summed E-state index contributed by atoms with van der Waals surface area (Å²) in [6, 6.07) is 1.50. The van der Waals surface area contributed by atoms with Crippen LogP contribution in [0.3, 0.4) is 0 Å². The third kappa shape index (κ3) is 3.36. The molecule has 2 rings (SSSR count). The Kier molecular flexibility index (Phi) is 4.52. The molecule has 0 saturated carbocycles. The molecule has 7 heteroatoms. The fraction of sp³-hybridized carbons (Fsp3) is 0.429. The van der Waals surface area contributed by atoms with Crippen molar-refractivity contribution < 1.29 is 14.3 Å². The summed E-state index contributed by atoms with van der Waals surface area (Å²) in [5, 5.41) is 20.1. The van der Waals surface area contributed by atoms with E-state index in [0.29, 0.717) is 24.0 Å². The summed E-state index contributed by atoms with van der Waals surface area (Å²) in [4.78, 5) is 15.3. The first kappa shape index (κ1) is 15.0. The van der Waals surface area contributed by atoms with E-state index >= 15 is 0 Å². The van der Waals surface area contributed by atoms with E-state index in [2.05, 4.69) is 20.5 Å². The standard InChI is InChI=1S/C14H18N4O3/c1-4-11-12(5-2)17-18-14(16-11)15-7-9-6-10(13(19)20)8(3)21-9/h6H,4-5,7H2,1-3H3,(H,19,20)(H,15,16,18). The molecule has 0 aliphatic carbocycles. The molecule has 0 spiro atoms. The molecular weight excluding hydrogens is 272 g/mol. The van der Waals surface area contributed by atoms with Crippen LogP contribution in [-0.4, -0.2) is 26.3 Å². The van der Waals surface area contributed by atoms with Crippen LogP contribution in [0, 0.1) is 6.92 Å². The predicted octanol–water partition coefficient (Wildman–Crippen LogP) is 2.21. The van der Waals surface area contributed by atoms with E-state index in [1.54, 1.807) is 6.92 Å². The zero-order chi connectivity index (χ0) is 15.4. The third-order valence-corrected chi connectivity index (χ3v) is 3.13. The quantitative estimate of drug-likeness (QED) is 0.841. The minimum atomic E-state index is -0.999. The summed E-state index contributed by atoms with van der Waals surface area (Å²) in [5.41, 5.74) is 1.98. The number of aromatic carboxylic acids is 1. The molecule has 112 valence electrons. The van der Waals surface area contributed by atoms with Gasteiger partial charge in [-0.3, -0.25) is 0 Å². The number of aryl methyl sites for hydroxylation is 3. The summed E-state index contributed by atoms with van der Waals surface area (Å²) in [6.07, 6.45) is 1.58. The maximum absolute atomic E-state index is 10.9. The number of carboxylic acids is 1. The first-order chi connectivity index (χ1) is 10.0. The van der Waals surface area contributed by atoms with E-state index in [1.807, 2.05) is 13.8 Å². The Morgan fingerprint density at radius 3 is 2.57 bits per heavy atom. The SMILES string of the molecule is CCc1nnc(NCc2cc(C(=O)O)c(C)o2)nc1CC. The summed E-state index contributed by atoms with van der Waals surface area (Å²) in [5.74, 6) is 0.316. The van der Waals surface area contributed by atoms with Crippen molar-refractivity contribution in [1.82, 2.24) is 15.2 Å². The largest absolute Gasteiger partial charge is 0.478 e. The van der Waals surface area contributed by atoms with Crippen molar-refractivity contribution in [3.05, 3.63) is 34.5 Å². The minimum Gasteiger partial charge on any atom is -0.478 e. The van der Waals surface area contributed by atoms with Crippen LogP contribution in [0.25, 0.3) is 0 Å². The van der Waals surface area contributed by atoms with Crippen LogP contribution in [-0.2, 0) is 19.4 Å². The molecule has 0 amide bonds. The van der Waals surface area contributed by atoms with E-state index in [0.717, 1.165) is 24.2 Å². The lowest BCUT2D eigenvalue weighted by Crippen LogP contribution is -2.09. The number of carboxylic acid groups (broad SMARTS) is 1. The lowest BCUT2D eigenvalue weighted by Gasteiger charge is -2.06. The van der Waals surface area contributed by atoms with Gasteiger partial charge in [0.2, 0.25) is 5.95 Å². The van der Waals surface area contributed by atoms with Crippen LogP contribution in [0.4, 0.5) is 5.95 Å². The molecule has 2 heterocycles. The van der Waals surface area contributed by atoms with Crippen LogP contribution < -0.4 is 5.32 Å². The highest BCUT2D eigenvalue weighted by molar-refractivity contribution is 5.88. The highest BCUT2D eigenvalue weighted by Gasteiger charge is 2.14. The van der Waals surface area contributed by atoms with E-state index in [9.17, 15) is 4.79 Å². The molecule has 2 aromatic rings. The number of nitrogens with one attached hydrogen (secondary N) is 1. The smallest absolute Gasteiger partial charge is 0.339 e. The average Bonchev–Trinajstić information content (AvgIpc) is 2.86. The molecule has 0 aliphatic rings. The molecule has 0 bridgehead atoms. The molecular formula is C14H18N4O3. The highest BCUT2D eigenvalue weighted by Crippen LogP contribution is 2.15. The van der Waals surface area contributed by atoms with Crippen molar-refractivity contribution in [3.63, 3.8) is 0 Å². The molecule has 0 aromatic carbocycles. The molecule has 2 aromatic heterocycles. The lowest BCUT2D eigenvalue weighted by atomic mass is 10.2. The Hall–Kier alpha value is -2.44. The van der Waals surface area contributed by atoms with Gasteiger partial charge in [0.25, 0.3) is 0 Å². The van der Waals surface area contributed by atoms with Gasteiger partial charge in [0.1, 0.15) is 17.1 Å². The number of nitrogens with zero attached hydrogens (tertiary/aromatic N) is 3. The van der Waals surface area contributed by atoms with Crippen LogP contribution in [0.5, 0.6) is 0 Å². The topological polar surface area (TPSA) is 101 Å². The van der Waals surface area contributed by atoms with Gasteiger partial charge in [-0.1, -0.05) is 13.8 Å². The second-order valence-corrected chi connectivity index (χ2v) is 4.58. The Balaban J connectivity index is 2.09. The van der Waals surface area contributed by atoms with Gasteiger partial charge >= 0.3 is 5.97 Å². The van der Waals surface area contributed by atoms with Gasteiger partial charge in [0.05, 0.1) is 17.9 Å². The number of anilines is 1. The number of hydrogen-bond donors (Lipinski definition) is 2. The Morgan fingerprint density at radius 2 is 2.00 bits per heavy atom. The van der Waals surface area contributed by atoms with Crippen LogP contribution in [0.15, 0.2) is 10.5 Å². The first-order valence-corrected chi connectivity index (χ1v) is 6.84. The van der Waals surface area contributed by atoms with E-state index < -0.39 is 5.97 Å². The summed E-state index contributed by atoms with van der Waals surface area (Å²) in [7, 11) is 0. The molecule has 21 heavy (non-hydrogen) atoms. The van der Waals surface area contributed by atoms with Gasteiger partial charge in [-0.2, -0.15) is 5.10 Å². The van der Waals surface area contributed by atoms with Crippen LogP contribution >= 0.6 is 0 Å². The summed E-state index contributed by atoms with van der Waals surface area (Å²) < 4.78 is 5.38. The fourth-order valence-electron chi connectivity index (χ4n) is 2.02. The maximum Gasteiger partial charge on any atom is 0.339 e. The molecule has 0 aliphatic heterocycles. The van der Waals surface area contributed by atoms with Crippen molar-refractivity contribution in [2.45, 2.75) is 40.2 Å².